The molecular weight excluding hydrogens is 287 g/mol. The highest BCUT2D eigenvalue weighted by atomic mass is 35.5. The van der Waals surface area contributed by atoms with Crippen LogP contribution in [-0.2, 0) is 11.2 Å². The average molecular weight is 299 g/mol. The minimum absolute atomic E-state index is 0.00655. The van der Waals surface area contributed by atoms with Crippen LogP contribution in [0.4, 0.5) is 10.1 Å². The summed E-state index contributed by atoms with van der Waals surface area (Å²) in [5, 5.41) is 5.59. The zero-order chi connectivity index (χ0) is 13.8. The fourth-order valence-corrected chi connectivity index (χ4v) is 2.39. The molecule has 0 spiro atoms. The predicted molar refractivity (Wildman–Crippen MR) is 75.2 cm³/mol. The van der Waals surface area contributed by atoms with Crippen LogP contribution in [0.15, 0.2) is 23.6 Å². The van der Waals surface area contributed by atoms with Crippen LogP contribution in [0.5, 0.6) is 0 Å². The number of nitrogens with zero attached hydrogens (tertiary/aromatic N) is 1. The second kappa shape index (κ2) is 6.12. The summed E-state index contributed by atoms with van der Waals surface area (Å²) in [4.78, 5) is 16.0. The zero-order valence-electron chi connectivity index (χ0n) is 10.2. The van der Waals surface area contributed by atoms with E-state index in [1.165, 1.54) is 18.2 Å². The van der Waals surface area contributed by atoms with Crippen molar-refractivity contribution < 1.29 is 9.18 Å². The van der Waals surface area contributed by atoms with Gasteiger partial charge < -0.3 is 5.32 Å². The molecule has 0 radical (unpaired) electrons. The third kappa shape index (κ3) is 4.01. The number of thiazole rings is 1. The number of benzene rings is 1. The molecule has 2 rings (SSSR count). The van der Waals surface area contributed by atoms with Crippen molar-refractivity contribution in [2.75, 3.05) is 5.32 Å². The second-order valence-corrected chi connectivity index (χ2v) is 5.50. The normalized spacial score (nSPS) is 10.5. The lowest BCUT2D eigenvalue weighted by Crippen LogP contribution is -2.12. The topological polar surface area (TPSA) is 42.0 Å². The van der Waals surface area contributed by atoms with E-state index in [9.17, 15) is 9.18 Å². The second-order valence-electron chi connectivity index (χ2n) is 4.03. The largest absolute Gasteiger partial charge is 0.326 e. The van der Waals surface area contributed by atoms with Gasteiger partial charge in [0.2, 0.25) is 5.91 Å². The molecule has 0 aliphatic heterocycles. The molecule has 0 saturated heterocycles. The third-order valence-electron chi connectivity index (χ3n) is 2.48. The van der Waals surface area contributed by atoms with Gasteiger partial charge in [0.1, 0.15) is 5.82 Å². The lowest BCUT2D eigenvalue weighted by molar-refractivity contribution is -0.116. The van der Waals surface area contributed by atoms with Crippen LogP contribution in [0.2, 0.25) is 5.02 Å². The number of anilines is 1. The number of hydrogen-bond acceptors (Lipinski definition) is 3. The lowest BCUT2D eigenvalue weighted by Gasteiger charge is -2.05. The van der Waals surface area contributed by atoms with Gasteiger partial charge in [-0.2, -0.15) is 0 Å². The van der Waals surface area contributed by atoms with Gasteiger partial charge in [-0.15, -0.1) is 11.3 Å². The van der Waals surface area contributed by atoms with Crippen molar-refractivity contribution in [2.45, 2.75) is 19.8 Å². The molecule has 0 fully saturated rings. The Hall–Kier alpha value is -1.46. The summed E-state index contributed by atoms with van der Waals surface area (Å²) in [6, 6.07) is 4.09. The minimum atomic E-state index is -0.502. The molecule has 19 heavy (non-hydrogen) atoms. The summed E-state index contributed by atoms with van der Waals surface area (Å²) >= 11 is 7.20. The molecule has 0 aliphatic rings. The van der Waals surface area contributed by atoms with Gasteiger partial charge in [0, 0.05) is 17.5 Å². The molecule has 1 N–H and O–H groups in total. The van der Waals surface area contributed by atoms with Crippen molar-refractivity contribution in [1.29, 1.82) is 0 Å². The van der Waals surface area contributed by atoms with Gasteiger partial charge in [-0.25, -0.2) is 9.37 Å². The maximum atomic E-state index is 13.0. The standard InChI is InChI=1S/C13H12ClFN2OS/c1-8-16-10(7-19-8)3-5-13(18)17-9-2-4-12(15)11(14)6-9/h2,4,6-7H,3,5H2,1H3,(H,17,18). The van der Waals surface area contributed by atoms with Crippen LogP contribution < -0.4 is 5.32 Å². The molecule has 0 bridgehead atoms. The summed E-state index contributed by atoms with van der Waals surface area (Å²) < 4.78 is 13.0. The van der Waals surface area contributed by atoms with Crippen molar-refractivity contribution >= 4 is 34.5 Å². The first kappa shape index (κ1) is 14.0. The molecule has 0 atom stereocenters. The van der Waals surface area contributed by atoms with E-state index in [0.717, 1.165) is 10.7 Å². The van der Waals surface area contributed by atoms with Crippen LogP contribution in [0.3, 0.4) is 0 Å². The highest BCUT2D eigenvalue weighted by Crippen LogP contribution is 2.19. The third-order valence-corrected chi connectivity index (χ3v) is 3.59. The summed E-state index contributed by atoms with van der Waals surface area (Å²) in [7, 11) is 0. The molecule has 1 amide bonds. The van der Waals surface area contributed by atoms with E-state index in [4.69, 9.17) is 11.6 Å². The fourth-order valence-electron chi connectivity index (χ4n) is 1.56. The van der Waals surface area contributed by atoms with Crippen LogP contribution in [0, 0.1) is 12.7 Å². The Bertz CT molecular complexity index is 600. The van der Waals surface area contributed by atoms with Crippen molar-refractivity contribution in [2.24, 2.45) is 0 Å². The number of aromatic nitrogens is 1. The number of nitrogens with one attached hydrogen (secondary N) is 1. The lowest BCUT2D eigenvalue weighted by atomic mass is 10.2. The number of carbonyl (C=O) groups is 1. The SMILES string of the molecule is Cc1nc(CCC(=O)Nc2ccc(F)c(Cl)c2)cs1. The fraction of sp³-hybridized carbons (Fsp3) is 0.231. The van der Waals surface area contributed by atoms with Crippen LogP contribution in [0.25, 0.3) is 0 Å². The highest BCUT2D eigenvalue weighted by molar-refractivity contribution is 7.09. The van der Waals surface area contributed by atoms with Crippen LogP contribution >= 0.6 is 22.9 Å². The molecule has 2 aromatic rings. The van der Waals surface area contributed by atoms with Crippen LogP contribution in [0.1, 0.15) is 17.1 Å². The summed E-state index contributed by atoms with van der Waals surface area (Å²) in [6.07, 6.45) is 0.920. The van der Waals surface area contributed by atoms with E-state index < -0.39 is 5.82 Å². The molecule has 100 valence electrons. The minimum Gasteiger partial charge on any atom is -0.326 e. The number of hydrogen-bond donors (Lipinski definition) is 1. The maximum Gasteiger partial charge on any atom is 0.224 e. The quantitative estimate of drug-likeness (QED) is 0.932. The number of rotatable bonds is 4. The van der Waals surface area contributed by atoms with E-state index in [-0.39, 0.29) is 10.9 Å². The first-order valence-corrected chi connectivity index (χ1v) is 6.96. The molecule has 1 aromatic heterocycles. The Kier molecular flexibility index (Phi) is 4.50. The first-order valence-electron chi connectivity index (χ1n) is 5.70. The van der Waals surface area contributed by atoms with E-state index in [1.807, 2.05) is 12.3 Å². The van der Waals surface area contributed by atoms with Crippen molar-refractivity contribution in [3.63, 3.8) is 0 Å². The maximum absolute atomic E-state index is 13.0. The monoisotopic (exact) mass is 298 g/mol. The Morgan fingerprint density at radius 3 is 2.95 bits per heavy atom. The molecular formula is C13H12ClFN2OS. The Balaban J connectivity index is 1.88. The Morgan fingerprint density at radius 1 is 1.53 bits per heavy atom. The predicted octanol–water partition coefficient (Wildman–Crippen LogP) is 3.82. The molecule has 3 nitrogen and oxygen atoms in total. The van der Waals surface area contributed by atoms with Gasteiger partial charge in [0.15, 0.2) is 0 Å². The van der Waals surface area contributed by atoms with E-state index in [1.54, 1.807) is 11.3 Å². The molecule has 0 saturated carbocycles. The van der Waals surface area contributed by atoms with E-state index in [0.29, 0.717) is 18.5 Å². The molecule has 1 aromatic carbocycles. The van der Waals surface area contributed by atoms with Crippen molar-refractivity contribution in [3.05, 3.63) is 45.1 Å². The van der Waals surface area contributed by atoms with Gasteiger partial charge in [0.25, 0.3) is 0 Å². The molecule has 6 heteroatoms. The van der Waals surface area contributed by atoms with Gasteiger partial charge in [-0.3, -0.25) is 4.79 Å². The van der Waals surface area contributed by atoms with Gasteiger partial charge in [0.05, 0.1) is 15.7 Å². The summed E-state index contributed by atoms with van der Waals surface area (Å²) in [6.45, 7) is 1.93. The van der Waals surface area contributed by atoms with E-state index >= 15 is 0 Å². The number of carbonyl (C=O) groups excluding carboxylic acids is 1. The van der Waals surface area contributed by atoms with Crippen molar-refractivity contribution in [3.8, 4) is 0 Å². The summed E-state index contributed by atoms with van der Waals surface area (Å²) in [5.74, 6) is -0.647. The smallest absolute Gasteiger partial charge is 0.224 e. The average Bonchev–Trinajstić information content (AvgIpc) is 2.77. The number of amides is 1. The Labute approximate surface area is 119 Å². The van der Waals surface area contributed by atoms with Crippen molar-refractivity contribution in [1.82, 2.24) is 4.98 Å². The molecule has 0 aliphatic carbocycles. The molecule has 1 heterocycles. The van der Waals surface area contributed by atoms with Crippen LogP contribution in [-0.4, -0.2) is 10.9 Å². The molecule has 0 unspecified atom stereocenters. The van der Waals surface area contributed by atoms with Gasteiger partial charge in [-0.1, -0.05) is 11.6 Å². The van der Waals surface area contributed by atoms with E-state index in [2.05, 4.69) is 10.3 Å². The first-order chi connectivity index (χ1) is 9.04. The summed E-state index contributed by atoms with van der Waals surface area (Å²) in [5.41, 5.74) is 1.40. The van der Waals surface area contributed by atoms with Gasteiger partial charge in [-0.05, 0) is 31.5 Å². The zero-order valence-corrected chi connectivity index (χ0v) is 11.8. The number of aryl methyl sites for hydroxylation is 2. The Morgan fingerprint density at radius 2 is 2.32 bits per heavy atom. The highest BCUT2D eigenvalue weighted by Gasteiger charge is 2.07. The number of halogens is 2. The van der Waals surface area contributed by atoms with Gasteiger partial charge >= 0.3 is 0 Å².